The molecule has 72 valence electrons. The number of aromatic nitrogens is 2. The Morgan fingerprint density at radius 2 is 2.46 bits per heavy atom. The molecule has 0 fully saturated rings. The van der Waals surface area contributed by atoms with Crippen LogP contribution < -0.4 is 0 Å². The number of alkyl halides is 1. The average molecular weight is 246 g/mol. The summed E-state index contributed by atoms with van der Waals surface area (Å²) in [5.41, 5.74) is 0. The normalized spacial score (nSPS) is 10.1. The Balaban J connectivity index is 2.59. The molecule has 0 bridgehead atoms. The molecule has 0 atom stereocenters. The highest BCUT2D eigenvalue weighted by atomic mass is 79.9. The molecule has 0 saturated carbocycles. The minimum atomic E-state index is 0.0583. The van der Waals surface area contributed by atoms with E-state index in [4.69, 9.17) is 0 Å². The lowest BCUT2D eigenvalue weighted by atomic mass is 10.5. The van der Waals surface area contributed by atoms with Gasteiger partial charge in [-0.1, -0.05) is 15.9 Å². The largest absolute Gasteiger partial charge is 0.338 e. The Labute approximate surface area is 85.7 Å². The average Bonchev–Trinajstić information content (AvgIpc) is 2.50. The van der Waals surface area contributed by atoms with Gasteiger partial charge in [-0.15, -0.1) is 0 Å². The van der Waals surface area contributed by atoms with Crippen molar-refractivity contribution < 1.29 is 4.79 Å². The maximum absolute atomic E-state index is 11.2. The third-order valence-corrected chi connectivity index (χ3v) is 2.32. The molecule has 0 saturated heterocycles. The predicted octanol–water partition coefficient (Wildman–Crippen LogP) is 0.773. The minimum absolute atomic E-state index is 0.0583. The van der Waals surface area contributed by atoms with Crippen LogP contribution in [0.4, 0.5) is 0 Å². The van der Waals surface area contributed by atoms with Gasteiger partial charge in [-0.2, -0.15) is 0 Å². The van der Waals surface area contributed by atoms with Crippen LogP contribution in [-0.2, 0) is 18.4 Å². The molecule has 0 unspecified atom stereocenters. The first-order valence-corrected chi connectivity index (χ1v) is 5.03. The molecule has 0 aliphatic rings. The fraction of sp³-hybridized carbons (Fsp3) is 0.500. The summed E-state index contributed by atoms with van der Waals surface area (Å²) in [4.78, 5) is 17.0. The first-order valence-electron chi connectivity index (χ1n) is 3.91. The van der Waals surface area contributed by atoms with Crippen molar-refractivity contribution >= 4 is 21.8 Å². The zero-order valence-corrected chi connectivity index (χ0v) is 9.28. The Hall–Kier alpha value is -0.840. The van der Waals surface area contributed by atoms with Crippen molar-refractivity contribution in [3.63, 3.8) is 0 Å². The Morgan fingerprint density at radius 1 is 1.77 bits per heavy atom. The molecular formula is C8H12BrN3O. The summed E-state index contributed by atoms with van der Waals surface area (Å²) in [5.74, 6) is 0.944. The summed E-state index contributed by atoms with van der Waals surface area (Å²) in [7, 11) is 3.67. The van der Waals surface area contributed by atoms with E-state index in [1.807, 2.05) is 17.8 Å². The number of rotatable bonds is 3. The van der Waals surface area contributed by atoms with Crippen molar-refractivity contribution in [1.29, 1.82) is 0 Å². The fourth-order valence-electron chi connectivity index (χ4n) is 0.951. The Kier molecular flexibility index (Phi) is 3.48. The van der Waals surface area contributed by atoms with Gasteiger partial charge in [0.05, 0.1) is 11.9 Å². The van der Waals surface area contributed by atoms with Gasteiger partial charge < -0.3 is 9.47 Å². The van der Waals surface area contributed by atoms with Crippen molar-refractivity contribution in [2.45, 2.75) is 6.54 Å². The molecule has 0 aliphatic carbocycles. The molecule has 1 aromatic heterocycles. The molecule has 4 nitrogen and oxygen atoms in total. The van der Waals surface area contributed by atoms with Crippen LogP contribution in [0.3, 0.4) is 0 Å². The molecule has 0 radical (unpaired) electrons. The van der Waals surface area contributed by atoms with E-state index < -0.39 is 0 Å². The monoisotopic (exact) mass is 245 g/mol. The van der Waals surface area contributed by atoms with Crippen LogP contribution in [-0.4, -0.2) is 32.7 Å². The molecule has 5 heteroatoms. The minimum Gasteiger partial charge on any atom is -0.338 e. The molecule has 1 amide bonds. The third-order valence-electron chi connectivity index (χ3n) is 1.84. The third kappa shape index (κ3) is 2.55. The SMILES string of the molecule is CN(Cc1nccn1C)C(=O)CBr. The second kappa shape index (κ2) is 4.41. The number of hydrogen-bond donors (Lipinski definition) is 0. The zero-order valence-electron chi connectivity index (χ0n) is 7.70. The van der Waals surface area contributed by atoms with Gasteiger partial charge in [-0.05, 0) is 0 Å². The fourth-order valence-corrected chi connectivity index (χ4v) is 1.38. The lowest BCUT2D eigenvalue weighted by Crippen LogP contribution is -2.28. The summed E-state index contributed by atoms with van der Waals surface area (Å²) in [5, 5.41) is 0.355. The van der Waals surface area contributed by atoms with E-state index in [0.717, 1.165) is 5.82 Å². The topological polar surface area (TPSA) is 38.1 Å². The summed E-state index contributed by atoms with van der Waals surface area (Å²) in [6.07, 6.45) is 3.59. The van der Waals surface area contributed by atoms with Crippen molar-refractivity contribution in [3.05, 3.63) is 18.2 Å². The second-order valence-electron chi connectivity index (χ2n) is 2.84. The van der Waals surface area contributed by atoms with Gasteiger partial charge in [0.15, 0.2) is 0 Å². The van der Waals surface area contributed by atoms with Gasteiger partial charge in [-0.3, -0.25) is 4.79 Å². The van der Waals surface area contributed by atoms with Gasteiger partial charge in [0.25, 0.3) is 0 Å². The first-order chi connectivity index (χ1) is 6.15. The van der Waals surface area contributed by atoms with Crippen LogP contribution in [0.25, 0.3) is 0 Å². The molecular weight excluding hydrogens is 234 g/mol. The number of nitrogens with zero attached hydrogens (tertiary/aromatic N) is 3. The van der Waals surface area contributed by atoms with Crippen molar-refractivity contribution in [1.82, 2.24) is 14.5 Å². The number of aryl methyl sites for hydroxylation is 1. The van der Waals surface area contributed by atoms with Gasteiger partial charge >= 0.3 is 0 Å². The maximum atomic E-state index is 11.2. The van der Waals surface area contributed by atoms with Gasteiger partial charge in [0, 0.05) is 26.5 Å². The zero-order chi connectivity index (χ0) is 9.84. The Bertz CT molecular complexity index is 297. The smallest absolute Gasteiger partial charge is 0.233 e. The van der Waals surface area contributed by atoms with Crippen LogP contribution in [0.15, 0.2) is 12.4 Å². The van der Waals surface area contributed by atoms with Gasteiger partial charge in [-0.25, -0.2) is 4.98 Å². The van der Waals surface area contributed by atoms with E-state index in [1.165, 1.54) is 0 Å². The van der Waals surface area contributed by atoms with E-state index >= 15 is 0 Å². The van der Waals surface area contributed by atoms with Crippen LogP contribution in [0.2, 0.25) is 0 Å². The van der Waals surface area contributed by atoms with E-state index in [2.05, 4.69) is 20.9 Å². The quantitative estimate of drug-likeness (QED) is 0.739. The van der Waals surface area contributed by atoms with Crippen LogP contribution in [0.5, 0.6) is 0 Å². The second-order valence-corrected chi connectivity index (χ2v) is 3.40. The highest BCUT2D eigenvalue weighted by molar-refractivity contribution is 9.09. The highest BCUT2D eigenvalue weighted by Crippen LogP contribution is 2.00. The number of imidazole rings is 1. The van der Waals surface area contributed by atoms with E-state index in [-0.39, 0.29) is 5.91 Å². The molecule has 0 aliphatic heterocycles. The number of carbonyl (C=O) groups excluding carboxylic acids is 1. The van der Waals surface area contributed by atoms with Gasteiger partial charge in [0.2, 0.25) is 5.91 Å². The molecule has 0 aromatic carbocycles. The lowest BCUT2D eigenvalue weighted by molar-refractivity contribution is -0.127. The number of amides is 1. The van der Waals surface area contributed by atoms with E-state index in [0.29, 0.717) is 11.9 Å². The number of hydrogen-bond acceptors (Lipinski definition) is 2. The van der Waals surface area contributed by atoms with Crippen molar-refractivity contribution in [2.24, 2.45) is 7.05 Å². The number of carbonyl (C=O) groups is 1. The summed E-state index contributed by atoms with van der Waals surface area (Å²) < 4.78 is 1.90. The molecule has 1 aromatic rings. The highest BCUT2D eigenvalue weighted by Gasteiger charge is 2.09. The van der Waals surface area contributed by atoms with Crippen LogP contribution >= 0.6 is 15.9 Å². The predicted molar refractivity (Wildman–Crippen MR) is 53.5 cm³/mol. The van der Waals surface area contributed by atoms with Crippen LogP contribution in [0.1, 0.15) is 5.82 Å². The maximum Gasteiger partial charge on any atom is 0.233 e. The number of halogens is 1. The lowest BCUT2D eigenvalue weighted by Gasteiger charge is -2.14. The molecule has 1 heterocycles. The summed E-state index contributed by atoms with van der Waals surface area (Å²) in [6.45, 7) is 0.550. The van der Waals surface area contributed by atoms with Crippen molar-refractivity contribution in [3.8, 4) is 0 Å². The van der Waals surface area contributed by atoms with Crippen molar-refractivity contribution in [2.75, 3.05) is 12.4 Å². The Morgan fingerprint density at radius 3 is 2.92 bits per heavy atom. The summed E-state index contributed by atoms with van der Waals surface area (Å²) >= 11 is 3.12. The molecule has 0 spiro atoms. The van der Waals surface area contributed by atoms with Gasteiger partial charge in [0.1, 0.15) is 5.82 Å². The van der Waals surface area contributed by atoms with Crippen LogP contribution in [0, 0.1) is 0 Å². The standard InChI is InChI=1S/C8H12BrN3O/c1-11-4-3-10-7(11)6-12(2)8(13)5-9/h3-4H,5-6H2,1-2H3. The molecule has 0 N–H and O–H groups in total. The molecule has 1 rings (SSSR count). The van der Waals surface area contributed by atoms with E-state index in [1.54, 1.807) is 18.1 Å². The van der Waals surface area contributed by atoms with E-state index in [9.17, 15) is 4.79 Å². The molecule has 13 heavy (non-hydrogen) atoms. The summed E-state index contributed by atoms with van der Waals surface area (Å²) in [6, 6.07) is 0. The first kappa shape index (κ1) is 10.2.